The molecule has 96 valence electrons. The second-order valence-electron chi connectivity index (χ2n) is 5.85. The Morgan fingerprint density at radius 2 is 2.22 bits per heavy atom. The van der Waals surface area contributed by atoms with E-state index in [0.717, 1.165) is 30.2 Å². The molecule has 2 aromatic heterocycles. The summed E-state index contributed by atoms with van der Waals surface area (Å²) in [5.74, 6) is 1.06. The van der Waals surface area contributed by atoms with Gasteiger partial charge in [-0.2, -0.15) is 0 Å². The van der Waals surface area contributed by atoms with E-state index in [4.69, 9.17) is 10.7 Å². The van der Waals surface area contributed by atoms with Crippen molar-refractivity contribution in [3.63, 3.8) is 0 Å². The molecule has 4 nitrogen and oxygen atoms in total. The van der Waals surface area contributed by atoms with Gasteiger partial charge < -0.3 is 15.0 Å². The van der Waals surface area contributed by atoms with Gasteiger partial charge in [-0.05, 0) is 24.0 Å². The molecule has 3 heterocycles. The molecule has 4 heteroatoms. The highest BCUT2D eigenvalue weighted by Crippen LogP contribution is 2.33. The van der Waals surface area contributed by atoms with Gasteiger partial charge in [0, 0.05) is 25.8 Å². The topological polar surface area (TPSA) is 46.6 Å². The lowest BCUT2D eigenvalue weighted by molar-refractivity contribution is 0.418. The second-order valence-corrected chi connectivity index (χ2v) is 5.85. The minimum Gasteiger partial charge on any atom is -0.354 e. The molecule has 18 heavy (non-hydrogen) atoms. The fraction of sp³-hybridized carbons (Fsp3) is 0.500. The highest BCUT2D eigenvalue weighted by Gasteiger charge is 2.31. The summed E-state index contributed by atoms with van der Waals surface area (Å²) in [7, 11) is 0. The Labute approximate surface area is 107 Å². The number of hydrogen-bond donors (Lipinski definition) is 1. The maximum absolute atomic E-state index is 5.91. The minimum absolute atomic E-state index is 0.377. The minimum atomic E-state index is 0.377. The van der Waals surface area contributed by atoms with Gasteiger partial charge in [0.25, 0.3) is 0 Å². The van der Waals surface area contributed by atoms with Gasteiger partial charge in [0.2, 0.25) is 0 Å². The summed E-state index contributed by atoms with van der Waals surface area (Å²) in [6.07, 6.45) is 3.25. The van der Waals surface area contributed by atoms with Gasteiger partial charge in [0.05, 0.1) is 5.69 Å². The summed E-state index contributed by atoms with van der Waals surface area (Å²) in [6.45, 7) is 7.28. The van der Waals surface area contributed by atoms with Crippen molar-refractivity contribution >= 4 is 11.5 Å². The Hall–Kier alpha value is -1.55. The Balaban J connectivity index is 2.07. The van der Waals surface area contributed by atoms with E-state index < -0.39 is 0 Å². The number of aromatic nitrogens is 2. The maximum Gasteiger partial charge on any atom is 0.152 e. The Kier molecular flexibility index (Phi) is 2.55. The summed E-state index contributed by atoms with van der Waals surface area (Å²) >= 11 is 0. The average Bonchev–Trinajstić information content (AvgIpc) is 2.88. The van der Waals surface area contributed by atoms with E-state index in [1.807, 2.05) is 24.4 Å². The third kappa shape index (κ3) is 1.77. The fourth-order valence-electron chi connectivity index (χ4n) is 2.77. The maximum atomic E-state index is 5.91. The second kappa shape index (κ2) is 3.99. The molecule has 1 aliphatic rings. The van der Waals surface area contributed by atoms with Crippen LogP contribution >= 0.6 is 0 Å². The first-order valence-electron chi connectivity index (χ1n) is 6.52. The third-order valence-electron chi connectivity index (χ3n) is 3.78. The molecule has 0 radical (unpaired) electrons. The lowest BCUT2D eigenvalue weighted by Crippen LogP contribution is -2.24. The van der Waals surface area contributed by atoms with Crippen LogP contribution in [0.4, 0.5) is 5.82 Å². The molecular weight excluding hydrogens is 224 g/mol. The van der Waals surface area contributed by atoms with E-state index in [1.165, 1.54) is 6.42 Å². The molecule has 1 fully saturated rings. The number of hydrogen-bond acceptors (Lipinski definition) is 3. The van der Waals surface area contributed by atoms with Crippen LogP contribution < -0.4 is 10.6 Å². The Morgan fingerprint density at radius 1 is 1.39 bits per heavy atom. The van der Waals surface area contributed by atoms with E-state index in [0.29, 0.717) is 12.0 Å². The predicted molar refractivity (Wildman–Crippen MR) is 73.7 cm³/mol. The molecular formula is C14H20N4. The number of imidazole rings is 1. The van der Waals surface area contributed by atoms with E-state index in [1.54, 1.807) is 0 Å². The fourth-order valence-corrected chi connectivity index (χ4v) is 2.77. The third-order valence-corrected chi connectivity index (χ3v) is 3.78. The van der Waals surface area contributed by atoms with Gasteiger partial charge in [-0.3, -0.25) is 0 Å². The molecule has 0 aromatic carbocycles. The molecule has 0 atom stereocenters. The molecule has 0 bridgehead atoms. The highest BCUT2D eigenvalue weighted by atomic mass is 15.3. The average molecular weight is 244 g/mol. The molecule has 0 saturated carbocycles. The zero-order chi connectivity index (χ0) is 12.8. The molecule has 2 aromatic rings. The summed E-state index contributed by atoms with van der Waals surface area (Å²) < 4.78 is 2.10. The first-order valence-corrected chi connectivity index (χ1v) is 6.52. The molecule has 1 saturated heterocycles. The van der Waals surface area contributed by atoms with Gasteiger partial charge in [-0.1, -0.05) is 19.9 Å². The van der Waals surface area contributed by atoms with Gasteiger partial charge in [-0.15, -0.1) is 0 Å². The number of nitrogens with zero attached hydrogens (tertiary/aromatic N) is 3. The quantitative estimate of drug-likeness (QED) is 0.879. The van der Waals surface area contributed by atoms with Crippen LogP contribution in [0.2, 0.25) is 0 Å². The largest absolute Gasteiger partial charge is 0.354 e. The van der Waals surface area contributed by atoms with Crippen molar-refractivity contribution in [2.24, 2.45) is 11.1 Å². The van der Waals surface area contributed by atoms with Crippen molar-refractivity contribution in [1.82, 2.24) is 9.38 Å². The zero-order valence-corrected chi connectivity index (χ0v) is 11.1. The van der Waals surface area contributed by atoms with E-state index in [-0.39, 0.29) is 0 Å². The first-order chi connectivity index (χ1) is 8.61. The van der Waals surface area contributed by atoms with Crippen molar-refractivity contribution in [3.05, 3.63) is 30.1 Å². The van der Waals surface area contributed by atoms with Gasteiger partial charge in [-0.25, -0.2) is 4.98 Å². The van der Waals surface area contributed by atoms with E-state index in [2.05, 4.69) is 23.1 Å². The van der Waals surface area contributed by atoms with Crippen LogP contribution in [0.25, 0.3) is 5.65 Å². The number of nitrogens with two attached hydrogens (primary N) is 1. The van der Waals surface area contributed by atoms with Crippen LogP contribution in [0.5, 0.6) is 0 Å². The zero-order valence-electron chi connectivity index (χ0n) is 11.1. The standard InChI is InChI=1S/C14H20N4/c1-14(2)6-8-17(10-14)13-11(9-15)18-7-4-3-5-12(18)16-13/h3-5,7H,6,8-10,15H2,1-2H3. The van der Waals surface area contributed by atoms with Crippen LogP contribution in [-0.4, -0.2) is 22.5 Å². The van der Waals surface area contributed by atoms with Crippen molar-refractivity contribution in [3.8, 4) is 0 Å². The van der Waals surface area contributed by atoms with Gasteiger partial charge in [0.1, 0.15) is 5.65 Å². The smallest absolute Gasteiger partial charge is 0.152 e. The molecule has 2 N–H and O–H groups in total. The van der Waals surface area contributed by atoms with Crippen molar-refractivity contribution in [2.45, 2.75) is 26.8 Å². The van der Waals surface area contributed by atoms with Crippen molar-refractivity contribution < 1.29 is 0 Å². The van der Waals surface area contributed by atoms with E-state index >= 15 is 0 Å². The van der Waals surface area contributed by atoms with Crippen LogP contribution in [0, 0.1) is 5.41 Å². The SMILES string of the molecule is CC1(C)CCN(c2nc3ccccn3c2CN)C1. The molecule has 1 aliphatic heterocycles. The molecule has 0 unspecified atom stereocenters. The molecule has 3 rings (SSSR count). The van der Waals surface area contributed by atoms with Crippen molar-refractivity contribution in [2.75, 3.05) is 18.0 Å². The lowest BCUT2D eigenvalue weighted by atomic mass is 9.93. The molecule has 0 aliphatic carbocycles. The van der Waals surface area contributed by atoms with Gasteiger partial charge >= 0.3 is 0 Å². The Morgan fingerprint density at radius 3 is 2.89 bits per heavy atom. The van der Waals surface area contributed by atoms with Crippen LogP contribution in [-0.2, 0) is 6.54 Å². The summed E-state index contributed by atoms with van der Waals surface area (Å²) in [5, 5.41) is 0. The van der Waals surface area contributed by atoms with E-state index in [9.17, 15) is 0 Å². The highest BCUT2D eigenvalue weighted by molar-refractivity contribution is 5.56. The van der Waals surface area contributed by atoms with Crippen LogP contribution in [0.1, 0.15) is 26.0 Å². The number of anilines is 1. The number of fused-ring (bicyclic) bond motifs is 1. The molecule has 0 spiro atoms. The number of rotatable bonds is 2. The monoisotopic (exact) mass is 244 g/mol. The van der Waals surface area contributed by atoms with Crippen LogP contribution in [0.3, 0.4) is 0 Å². The summed E-state index contributed by atoms with van der Waals surface area (Å²) in [6, 6.07) is 6.07. The number of pyridine rings is 1. The summed E-state index contributed by atoms with van der Waals surface area (Å²) in [4.78, 5) is 7.11. The van der Waals surface area contributed by atoms with Gasteiger partial charge in [0.15, 0.2) is 5.82 Å². The van der Waals surface area contributed by atoms with Crippen molar-refractivity contribution in [1.29, 1.82) is 0 Å². The Bertz CT molecular complexity index is 570. The molecule has 0 amide bonds. The summed E-state index contributed by atoms with van der Waals surface area (Å²) in [5.41, 5.74) is 8.38. The first kappa shape index (κ1) is 11.5. The van der Waals surface area contributed by atoms with Crippen LogP contribution in [0.15, 0.2) is 24.4 Å². The normalized spacial score (nSPS) is 18.7. The predicted octanol–water partition coefficient (Wildman–Crippen LogP) is 2.03. The lowest BCUT2D eigenvalue weighted by Gasteiger charge is -2.20.